The van der Waals surface area contributed by atoms with E-state index in [-0.39, 0.29) is 43.5 Å². The Hall–Kier alpha value is -0.290. The molecule has 0 atom stereocenters. The van der Waals surface area contributed by atoms with E-state index in [0.29, 0.717) is 12.8 Å². The predicted molar refractivity (Wildman–Crippen MR) is 52.8 cm³/mol. The van der Waals surface area contributed by atoms with Crippen LogP contribution in [0.5, 0.6) is 0 Å². The lowest BCUT2D eigenvalue weighted by molar-refractivity contribution is -0.184. The van der Waals surface area contributed by atoms with Gasteiger partial charge in [0, 0.05) is 5.92 Å². The SMILES string of the molecule is Cl.NCC(=O)C1CCC(C(F)(F)F)CC1. The molecule has 0 saturated heterocycles. The maximum absolute atomic E-state index is 12.2. The van der Waals surface area contributed by atoms with Gasteiger partial charge >= 0.3 is 6.18 Å². The summed E-state index contributed by atoms with van der Waals surface area (Å²) in [5, 5.41) is 0. The third kappa shape index (κ3) is 3.99. The minimum atomic E-state index is -4.10. The van der Waals surface area contributed by atoms with Gasteiger partial charge in [-0.25, -0.2) is 0 Å². The zero-order valence-electron chi connectivity index (χ0n) is 8.22. The van der Waals surface area contributed by atoms with Gasteiger partial charge in [-0.2, -0.15) is 13.2 Å². The summed E-state index contributed by atoms with van der Waals surface area (Å²) in [6.45, 7) is -0.0542. The van der Waals surface area contributed by atoms with Crippen LogP contribution in [-0.4, -0.2) is 18.5 Å². The van der Waals surface area contributed by atoms with Crippen molar-refractivity contribution in [3.8, 4) is 0 Å². The fourth-order valence-electron chi connectivity index (χ4n) is 1.91. The number of rotatable bonds is 2. The first-order valence-electron chi connectivity index (χ1n) is 4.74. The molecule has 1 aliphatic carbocycles. The van der Waals surface area contributed by atoms with Crippen molar-refractivity contribution in [2.75, 3.05) is 6.54 Å². The van der Waals surface area contributed by atoms with Gasteiger partial charge in [0.25, 0.3) is 0 Å². The van der Waals surface area contributed by atoms with Crippen LogP contribution in [0.4, 0.5) is 13.2 Å². The number of ketones is 1. The number of nitrogens with two attached hydrogens (primary N) is 1. The molecule has 6 heteroatoms. The lowest BCUT2D eigenvalue weighted by Crippen LogP contribution is -2.32. The summed E-state index contributed by atoms with van der Waals surface area (Å²) >= 11 is 0. The second kappa shape index (κ2) is 5.70. The van der Waals surface area contributed by atoms with E-state index in [9.17, 15) is 18.0 Å². The predicted octanol–water partition coefficient (Wildman–Crippen LogP) is 2.30. The van der Waals surface area contributed by atoms with E-state index in [2.05, 4.69) is 0 Å². The second-order valence-corrected chi connectivity index (χ2v) is 3.76. The molecule has 0 radical (unpaired) electrons. The van der Waals surface area contributed by atoms with Crippen molar-refractivity contribution in [1.82, 2.24) is 0 Å². The average Bonchev–Trinajstić information content (AvgIpc) is 2.15. The summed E-state index contributed by atoms with van der Waals surface area (Å²) in [4.78, 5) is 11.1. The average molecular weight is 246 g/mol. The molecule has 0 heterocycles. The molecule has 1 aliphatic rings. The van der Waals surface area contributed by atoms with Crippen LogP contribution >= 0.6 is 12.4 Å². The van der Waals surface area contributed by atoms with E-state index in [4.69, 9.17) is 5.73 Å². The van der Waals surface area contributed by atoms with Gasteiger partial charge in [0.05, 0.1) is 12.5 Å². The van der Waals surface area contributed by atoms with Crippen LogP contribution in [0.15, 0.2) is 0 Å². The smallest absolute Gasteiger partial charge is 0.324 e. The zero-order valence-corrected chi connectivity index (χ0v) is 9.03. The highest BCUT2D eigenvalue weighted by Crippen LogP contribution is 2.39. The minimum Gasteiger partial charge on any atom is -0.324 e. The first kappa shape index (κ1) is 14.7. The van der Waals surface area contributed by atoms with Crippen LogP contribution in [0.3, 0.4) is 0 Å². The summed E-state index contributed by atoms with van der Waals surface area (Å²) in [5.41, 5.74) is 5.15. The number of carbonyl (C=O) groups is 1. The third-order valence-corrected chi connectivity index (χ3v) is 2.85. The van der Waals surface area contributed by atoms with Gasteiger partial charge in [0.15, 0.2) is 0 Å². The normalized spacial score (nSPS) is 26.9. The Morgan fingerprint density at radius 1 is 1.20 bits per heavy atom. The largest absolute Gasteiger partial charge is 0.391 e. The van der Waals surface area contributed by atoms with Gasteiger partial charge in [0.1, 0.15) is 5.78 Å². The van der Waals surface area contributed by atoms with Crippen molar-refractivity contribution < 1.29 is 18.0 Å². The van der Waals surface area contributed by atoms with Gasteiger partial charge in [-0.3, -0.25) is 4.79 Å². The van der Waals surface area contributed by atoms with E-state index in [1.54, 1.807) is 0 Å². The molecule has 2 N–H and O–H groups in total. The van der Waals surface area contributed by atoms with Crippen molar-refractivity contribution in [1.29, 1.82) is 0 Å². The molecule has 90 valence electrons. The summed E-state index contributed by atoms with van der Waals surface area (Å²) in [6, 6.07) is 0. The van der Waals surface area contributed by atoms with E-state index < -0.39 is 12.1 Å². The van der Waals surface area contributed by atoms with Gasteiger partial charge < -0.3 is 5.73 Å². The molecular formula is C9H15ClF3NO. The number of hydrogen-bond donors (Lipinski definition) is 1. The topological polar surface area (TPSA) is 43.1 Å². The monoisotopic (exact) mass is 245 g/mol. The maximum atomic E-state index is 12.2. The molecular weight excluding hydrogens is 231 g/mol. The van der Waals surface area contributed by atoms with Crippen molar-refractivity contribution >= 4 is 18.2 Å². The Kier molecular flexibility index (Phi) is 5.59. The molecule has 0 amide bonds. The Bertz CT molecular complexity index is 212. The first-order chi connectivity index (χ1) is 6.45. The summed E-state index contributed by atoms with van der Waals surface area (Å²) < 4.78 is 36.7. The molecule has 0 aliphatic heterocycles. The minimum absolute atomic E-state index is 0. The van der Waals surface area contributed by atoms with Crippen LogP contribution in [0.25, 0.3) is 0 Å². The summed E-state index contributed by atoms with van der Waals surface area (Å²) in [7, 11) is 0. The summed E-state index contributed by atoms with van der Waals surface area (Å²) in [5.74, 6) is -1.56. The fourth-order valence-corrected chi connectivity index (χ4v) is 1.91. The van der Waals surface area contributed by atoms with Crippen molar-refractivity contribution in [2.24, 2.45) is 17.6 Å². The van der Waals surface area contributed by atoms with E-state index >= 15 is 0 Å². The van der Waals surface area contributed by atoms with Gasteiger partial charge in [-0.1, -0.05) is 0 Å². The highest BCUT2D eigenvalue weighted by atomic mass is 35.5. The van der Waals surface area contributed by atoms with Crippen molar-refractivity contribution in [3.05, 3.63) is 0 Å². The zero-order chi connectivity index (χ0) is 10.8. The van der Waals surface area contributed by atoms with Crippen molar-refractivity contribution in [2.45, 2.75) is 31.9 Å². The molecule has 0 aromatic heterocycles. The highest BCUT2D eigenvalue weighted by Gasteiger charge is 2.42. The molecule has 0 aromatic carbocycles. The van der Waals surface area contributed by atoms with Crippen LogP contribution in [0.2, 0.25) is 0 Å². The summed E-state index contributed by atoms with van der Waals surface area (Å²) in [6.07, 6.45) is -3.29. The van der Waals surface area contributed by atoms with Crippen LogP contribution < -0.4 is 5.73 Å². The lowest BCUT2D eigenvalue weighted by Gasteiger charge is -2.28. The molecule has 1 fully saturated rings. The van der Waals surface area contributed by atoms with Crippen molar-refractivity contribution in [3.63, 3.8) is 0 Å². The molecule has 15 heavy (non-hydrogen) atoms. The molecule has 1 rings (SSSR count). The Labute approximate surface area is 92.8 Å². The second-order valence-electron chi connectivity index (χ2n) is 3.76. The van der Waals surface area contributed by atoms with Crippen LogP contribution in [0, 0.1) is 11.8 Å². The number of hydrogen-bond acceptors (Lipinski definition) is 2. The Balaban J connectivity index is 0.00000196. The number of alkyl halides is 3. The van der Waals surface area contributed by atoms with Gasteiger partial charge in [-0.15, -0.1) is 12.4 Å². The molecule has 1 saturated carbocycles. The number of carbonyl (C=O) groups excluding carboxylic acids is 1. The maximum Gasteiger partial charge on any atom is 0.391 e. The van der Waals surface area contributed by atoms with Gasteiger partial charge in [-0.05, 0) is 25.7 Å². The third-order valence-electron chi connectivity index (χ3n) is 2.85. The molecule has 0 bridgehead atoms. The molecule has 2 nitrogen and oxygen atoms in total. The van der Waals surface area contributed by atoms with E-state index in [0.717, 1.165) is 0 Å². The van der Waals surface area contributed by atoms with Crippen LogP contribution in [-0.2, 0) is 4.79 Å². The molecule has 0 aromatic rings. The standard InChI is InChI=1S/C9H14F3NO.ClH/c10-9(11,12)7-3-1-6(2-4-7)8(14)5-13;/h6-7H,1-5,13H2;1H. The Morgan fingerprint density at radius 2 is 1.67 bits per heavy atom. The highest BCUT2D eigenvalue weighted by molar-refractivity contribution is 5.85. The quantitative estimate of drug-likeness (QED) is 0.811. The Morgan fingerprint density at radius 3 is 2.00 bits per heavy atom. The lowest BCUT2D eigenvalue weighted by atomic mass is 9.80. The van der Waals surface area contributed by atoms with E-state index in [1.807, 2.05) is 0 Å². The number of halogens is 4. The fraction of sp³-hybridized carbons (Fsp3) is 0.889. The first-order valence-corrected chi connectivity index (χ1v) is 4.74. The van der Waals surface area contributed by atoms with Crippen LogP contribution in [0.1, 0.15) is 25.7 Å². The molecule has 0 spiro atoms. The van der Waals surface area contributed by atoms with Gasteiger partial charge in [0.2, 0.25) is 0 Å². The van der Waals surface area contributed by atoms with E-state index in [1.165, 1.54) is 0 Å². The number of Topliss-reactive ketones (excluding diaryl/α,β-unsaturated/α-hetero) is 1. The molecule has 0 unspecified atom stereocenters.